The summed E-state index contributed by atoms with van der Waals surface area (Å²) in [5.74, 6) is 0.370. The van der Waals surface area contributed by atoms with Gasteiger partial charge in [-0.25, -0.2) is 0 Å². The molecule has 2 aromatic rings. The van der Waals surface area contributed by atoms with E-state index >= 15 is 0 Å². The molecule has 2 N–H and O–H groups in total. The van der Waals surface area contributed by atoms with Crippen molar-refractivity contribution < 1.29 is 24.5 Å². The van der Waals surface area contributed by atoms with Crippen molar-refractivity contribution in [1.29, 1.82) is 0 Å². The van der Waals surface area contributed by atoms with Crippen molar-refractivity contribution in [3.8, 4) is 17.2 Å². The van der Waals surface area contributed by atoms with Gasteiger partial charge in [0.1, 0.15) is 23.3 Å². The Morgan fingerprint density at radius 1 is 1.10 bits per heavy atom. The van der Waals surface area contributed by atoms with Crippen LogP contribution >= 0.6 is 0 Å². The van der Waals surface area contributed by atoms with Crippen molar-refractivity contribution in [2.24, 2.45) is 0 Å². The van der Waals surface area contributed by atoms with Crippen LogP contribution in [0.25, 0.3) is 0 Å². The van der Waals surface area contributed by atoms with Crippen molar-refractivity contribution in [2.75, 3.05) is 26.2 Å². The molecule has 0 aliphatic carbocycles. The van der Waals surface area contributed by atoms with Crippen LogP contribution in [0, 0.1) is 0 Å². The van der Waals surface area contributed by atoms with Crippen LogP contribution in [-0.4, -0.2) is 64.1 Å². The molecule has 0 radical (unpaired) electrons. The molecule has 164 valence electrons. The zero-order valence-corrected chi connectivity index (χ0v) is 17.7. The Morgan fingerprint density at radius 2 is 1.87 bits per heavy atom. The van der Waals surface area contributed by atoms with Crippen LogP contribution in [0.15, 0.2) is 42.5 Å². The van der Waals surface area contributed by atoms with Crippen LogP contribution in [0.5, 0.6) is 17.2 Å². The Hall–Kier alpha value is -3.22. The molecular formula is C24H28N2O5. The lowest BCUT2D eigenvalue weighted by Crippen LogP contribution is -2.63. The molecule has 0 spiro atoms. The topological polar surface area (TPSA) is 90.3 Å². The number of phenols is 2. The van der Waals surface area contributed by atoms with Crippen LogP contribution in [0.2, 0.25) is 0 Å². The third-order valence-corrected chi connectivity index (χ3v) is 6.16. The van der Waals surface area contributed by atoms with E-state index in [2.05, 4.69) is 0 Å². The van der Waals surface area contributed by atoms with Gasteiger partial charge in [-0.2, -0.15) is 0 Å². The third-order valence-electron chi connectivity index (χ3n) is 6.16. The van der Waals surface area contributed by atoms with Crippen LogP contribution < -0.4 is 4.74 Å². The number of hydrogen-bond donors (Lipinski definition) is 2. The molecule has 0 saturated carbocycles. The number of amides is 2. The molecule has 7 heteroatoms. The maximum Gasteiger partial charge on any atom is 0.246 e. The number of aromatic hydroxyl groups is 2. The van der Waals surface area contributed by atoms with E-state index in [0.29, 0.717) is 38.1 Å². The number of benzene rings is 2. The maximum absolute atomic E-state index is 13.4. The predicted molar refractivity (Wildman–Crippen MR) is 115 cm³/mol. The minimum Gasteiger partial charge on any atom is -0.508 e. The maximum atomic E-state index is 13.4. The quantitative estimate of drug-likeness (QED) is 0.696. The van der Waals surface area contributed by atoms with Crippen LogP contribution in [0.4, 0.5) is 0 Å². The van der Waals surface area contributed by atoms with Gasteiger partial charge in [0.25, 0.3) is 0 Å². The van der Waals surface area contributed by atoms with Crippen molar-refractivity contribution in [3.63, 3.8) is 0 Å². The highest BCUT2D eigenvalue weighted by Gasteiger charge is 2.46. The van der Waals surface area contributed by atoms with Gasteiger partial charge in [-0.3, -0.25) is 9.59 Å². The van der Waals surface area contributed by atoms with E-state index < -0.39 is 6.04 Å². The second kappa shape index (κ2) is 8.88. The van der Waals surface area contributed by atoms with Gasteiger partial charge in [0.15, 0.2) is 0 Å². The van der Waals surface area contributed by atoms with E-state index in [1.165, 1.54) is 18.2 Å². The molecule has 2 aliphatic heterocycles. The van der Waals surface area contributed by atoms with Gasteiger partial charge in [-0.15, -0.1) is 0 Å². The molecule has 2 amide bonds. The molecule has 0 bridgehead atoms. The number of fused-ring (bicyclic) bond motifs is 1. The molecule has 2 fully saturated rings. The lowest BCUT2D eigenvalue weighted by Gasteiger charge is -2.46. The highest BCUT2D eigenvalue weighted by Crippen LogP contribution is 2.40. The summed E-state index contributed by atoms with van der Waals surface area (Å²) >= 11 is 0. The molecule has 4 rings (SSSR count). The first-order valence-electron chi connectivity index (χ1n) is 10.8. The molecule has 2 atom stereocenters. The minimum absolute atomic E-state index is 0.0341. The van der Waals surface area contributed by atoms with Gasteiger partial charge >= 0.3 is 0 Å². The van der Waals surface area contributed by atoms with Gasteiger partial charge in [-0.05, 0) is 62.1 Å². The molecule has 0 aromatic heterocycles. The summed E-state index contributed by atoms with van der Waals surface area (Å²) < 4.78 is 5.46. The van der Waals surface area contributed by atoms with Crippen LogP contribution in [-0.2, 0) is 16.0 Å². The van der Waals surface area contributed by atoms with Gasteiger partial charge in [0, 0.05) is 24.6 Å². The predicted octanol–water partition coefficient (Wildman–Crippen LogP) is 2.66. The van der Waals surface area contributed by atoms with Crippen LogP contribution in [0.1, 0.15) is 36.8 Å². The van der Waals surface area contributed by atoms with Gasteiger partial charge in [0.2, 0.25) is 11.8 Å². The van der Waals surface area contributed by atoms with E-state index in [9.17, 15) is 19.8 Å². The highest BCUT2D eigenvalue weighted by atomic mass is 16.5. The number of hydrogen-bond acceptors (Lipinski definition) is 5. The largest absolute Gasteiger partial charge is 0.508 e. The molecule has 2 heterocycles. The van der Waals surface area contributed by atoms with Crippen LogP contribution in [0.3, 0.4) is 0 Å². The molecular weight excluding hydrogens is 396 g/mol. The number of piperazine rings is 1. The number of nitrogens with zero attached hydrogens (tertiary/aromatic N) is 2. The highest BCUT2D eigenvalue weighted by molar-refractivity contribution is 5.96. The molecule has 2 saturated heterocycles. The third kappa shape index (κ3) is 4.31. The summed E-state index contributed by atoms with van der Waals surface area (Å²) in [4.78, 5) is 29.5. The molecule has 7 nitrogen and oxygen atoms in total. The summed E-state index contributed by atoms with van der Waals surface area (Å²) in [6.07, 6.45) is 2.06. The lowest BCUT2D eigenvalue weighted by molar-refractivity contribution is -0.158. The Kier molecular flexibility index (Phi) is 6.02. The van der Waals surface area contributed by atoms with E-state index in [-0.39, 0.29) is 35.8 Å². The second-order valence-corrected chi connectivity index (χ2v) is 8.11. The Labute approximate surface area is 181 Å². The summed E-state index contributed by atoms with van der Waals surface area (Å²) in [7, 11) is 0. The van der Waals surface area contributed by atoms with Crippen molar-refractivity contribution >= 4 is 11.8 Å². The smallest absolute Gasteiger partial charge is 0.246 e. The fourth-order valence-electron chi connectivity index (χ4n) is 4.64. The number of piperidine rings is 1. The lowest BCUT2D eigenvalue weighted by atomic mass is 9.81. The number of rotatable bonds is 6. The Morgan fingerprint density at radius 3 is 2.61 bits per heavy atom. The molecule has 2 aliphatic rings. The zero-order valence-electron chi connectivity index (χ0n) is 17.7. The average molecular weight is 424 g/mol. The van der Waals surface area contributed by atoms with Crippen molar-refractivity contribution in [3.05, 3.63) is 53.6 Å². The fourth-order valence-corrected chi connectivity index (χ4v) is 4.64. The summed E-state index contributed by atoms with van der Waals surface area (Å²) in [6, 6.07) is 11.5. The van der Waals surface area contributed by atoms with Gasteiger partial charge < -0.3 is 24.7 Å². The first-order chi connectivity index (χ1) is 15.0. The van der Waals surface area contributed by atoms with Crippen molar-refractivity contribution in [1.82, 2.24) is 9.80 Å². The number of ether oxygens (including phenoxy) is 1. The summed E-state index contributed by atoms with van der Waals surface area (Å²) in [6.45, 7) is 3.60. The SMILES string of the molecule is CCOc1ccc(CCN2CC(=O)N3CCCC(c4cc(O)ccc4O)C3C2=O)cc1. The Balaban J connectivity index is 1.52. The van der Waals surface area contributed by atoms with E-state index in [1.807, 2.05) is 31.2 Å². The number of phenolic OH excluding ortho intramolecular Hbond substituents is 2. The van der Waals surface area contributed by atoms with Crippen molar-refractivity contribution in [2.45, 2.75) is 38.1 Å². The minimum atomic E-state index is -0.650. The number of carbonyl (C=O) groups excluding carboxylic acids is 2. The monoisotopic (exact) mass is 424 g/mol. The zero-order chi connectivity index (χ0) is 22.0. The van der Waals surface area contributed by atoms with Gasteiger partial charge in [0.05, 0.1) is 13.2 Å². The second-order valence-electron chi connectivity index (χ2n) is 8.11. The molecule has 2 aromatic carbocycles. The number of carbonyl (C=O) groups is 2. The standard InChI is InChI=1S/C24H28N2O5/c1-2-31-18-8-5-16(6-9-18)11-13-25-15-22(29)26-12-3-4-19(23(26)24(25)30)20-14-17(27)7-10-21(20)28/h5-10,14,19,23,27-28H,2-4,11-13,15H2,1H3. The average Bonchev–Trinajstić information content (AvgIpc) is 2.77. The van der Waals surface area contributed by atoms with E-state index in [0.717, 1.165) is 17.7 Å². The van der Waals surface area contributed by atoms with Gasteiger partial charge in [-0.1, -0.05) is 12.1 Å². The first-order valence-corrected chi connectivity index (χ1v) is 10.8. The first kappa shape index (κ1) is 21.0. The summed E-state index contributed by atoms with van der Waals surface area (Å²) in [5, 5.41) is 20.3. The Bertz CT molecular complexity index is 959. The van der Waals surface area contributed by atoms with E-state index in [1.54, 1.807) is 9.80 Å². The normalized spacial score (nSPS) is 21.2. The van der Waals surface area contributed by atoms with E-state index in [4.69, 9.17) is 4.74 Å². The molecule has 31 heavy (non-hydrogen) atoms. The fraction of sp³-hybridized carbons (Fsp3) is 0.417. The molecule has 2 unspecified atom stereocenters. The summed E-state index contributed by atoms with van der Waals surface area (Å²) in [5.41, 5.74) is 1.58.